The Hall–Kier alpha value is -3.14. The lowest BCUT2D eigenvalue weighted by molar-refractivity contribution is -0.116. The summed E-state index contributed by atoms with van der Waals surface area (Å²) in [5.41, 5.74) is 1.81. The number of benzene rings is 1. The van der Waals surface area contributed by atoms with Gasteiger partial charge in [-0.1, -0.05) is 25.1 Å². The summed E-state index contributed by atoms with van der Waals surface area (Å²) in [6, 6.07) is 7.62. The van der Waals surface area contributed by atoms with Crippen molar-refractivity contribution < 1.29 is 4.79 Å². The molecule has 0 saturated heterocycles. The first-order valence-electron chi connectivity index (χ1n) is 8.62. The fraction of sp³-hybridized carbons (Fsp3) is 0.368. The number of rotatable bonds is 4. The first-order chi connectivity index (χ1) is 12.5. The van der Waals surface area contributed by atoms with Crippen LogP contribution in [0.25, 0.3) is 0 Å². The second-order valence-electron chi connectivity index (χ2n) is 6.37. The van der Waals surface area contributed by atoms with E-state index < -0.39 is 23.7 Å². The van der Waals surface area contributed by atoms with Crippen molar-refractivity contribution in [1.29, 1.82) is 5.26 Å². The Morgan fingerprint density at radius 3 is 2.81 bits per heavy atom. The average molecular weight is 352 g/mol. The van der Waals surface area contributed by atoms with Crippen LogP contribution in [0.1, 0.15) is 35.7 Å². The van der Waals surface area contributed by atoms with Crippen LogP contribution in [0.2, 0.25) is 0 Å². The number of aryl methyl sites for hydroxylation is 2. The maximum atomic E-state index is 12.6. The van der Waals surface area contributed by atoms with Gasteiger partial charge in [0.25, 0.3) is 5.56 Å². The SMILES string of the molecule is CCc1cccc(C)c1NC(=O)Cn1c(=O)c(C#N)c2n(c1=O)CCC2. The van der Waals surface area contributed by atoms with E-state index in [2.05, 4.69) is 5.32 Å². The van der Waals surface area contributed by atoms with Crippen LogP contribution in [-0.4, -0.2) is 15.0 Å². The molecule has 0 atom stereocenters. The van der Waals surface area contributed by atoms with Crippen LogP contribution in [0, 0.1) is 18.3 Å². The lowest BCUT2D eigenvalue weighted by Gasteiger charge is -2.14. The highest BCUT2D eigenvalue weighted by atomic mass is 16.2. The molecule has 7 nitrogen and oxygen atoms in total. The van der Waals surface area contributed by atoms with Crippen molar-refractivity contribution in [1.82, 2.24) is 9.13 Å². The zero-order valence-corrected chi connectivity index (χ0v) is 14.8. The molecule has 1 aliphatic rings. The predicted molar refractivity (Wildman–Crippen MR) is 97.2 cm³/mol. The van der Waals surface area contributed by atoms with Gasteiger partial charge in [-0.15, -0.1) is 0 Å². The number of fused-ring (bicyclic) bond motifs is 1. The van der Waals surface area contributed by atoms with Gasteiger partial charge in [0, 0.05) is 17.9 Å². The second-order valence-corrected chi connectivity index (χ2v) is 6.37. The highest BCUT2D eigenvalue weighted by Gasteiger charge is 2.23. The van der Waals surface area contributed by atoms with Crippen LogP contribution in [0.4, 0.5) is 5.69 Å². The molecule has 1 aliphatic heterocycles. The fourth-order valence-corrected chi connectivity index (χ4v) is 3.41. The van der Waals surface area contributed by atoms with E-state index in [4.69, 9.17) is 0 Å². The van der Waals surface area contributed by atoms with Gasteiger partial charge in [0.1, 0.15) is 18.2 Å². The normalized spacial score (nSPS) is 12.5. The minimum atomic E-state index is -0.693. The number of para-hydroxylation sites is 1. The standard InChI is InChI=1S/C19H20N4O3/c1-3-13-7-4-6-12(2)17(13)21-16(24)11-23-18(25)14(10-20)15-8-5-9-22(15)19(23)26/h4,6-7H,3,5,8-9,11H2,1-2H3,(H,21,24). The molecule has 1 aromatic heterocycles. The van der Waals surface area contributed by atoms with Gasteiger partial charge in [0.15, 0.2) is 0 Å². The van der Waals surface area contributed by atoms with Crippen molar-refractivity contribution in [2.45, 2.75) is 46.2 Å². The number of carbonyl (C=O) groups excluding carboxylic acids is 1. The molecule has 0 bridgehead atoms. The largest absolute Gasteiger partial charge is 0.331 e. The van der Waals surface area contributed by atoms with Gasteiger partial charge in [0.2, 0.25) is 5.91 Å². The van der Waals surface area contributed by atoms with Crippen molar-refractivity contribution in [2.24, 2.45) is 0 Å². The van der Waals surface area contributed by atoms with E-state index in [-0.39, 0.29) is 5.56 Å². The van der Waals surface area contributed by atoms with Gasteiger partial charge >= 0.3 is 5.69 Å². The van der Waals surface area contributed by atoms with E-state index in [1.807, 2.05) is 38.1 Å². The lowest BCUT2D eigenvalue weighted by Crippen LogP contribution is -2.44. The molecule has 2 heterocycles. The number of nitrogens with zero attached hydrogens (tertiary/aromatic N) is 3. The average Bonchev–Trinajstić information content (AvgIpc) is 3.10. The molecule has 2 aromatic rings. The lowest BCUT2D eigenvalue weighted by atomic mass is 10.1. The number of amides is 1. The Labute approximate surface area is 150 Å². The Kier molecular flexibility index (Phi) is 4.76. The van der Waals surface area contributed by atoms with Crippen LogP contribution in [0.15, 0.2) is 27.8 Å². The number of hydrogen-bond donors (Lipinski definition) is 1. The predicted octanol–water partition coefficient (Wildman–Crippen LogP) is 1.34. The molecular weight excluding hydrogens is 332 g/mol. The molecule has 7 heteroatoms. The summed E-state index contributed by atoms with van der Waals surface area (Å²) < 4.78 is 2.28. The summed E-state index contributed by atoms with van der Waals surface area (Å²) in [7, 11) is 0. The first kappa shape index (κ1) is 17.7. The summed E-state index contributed by atoms with van der Waals surface area (Å²) in [6.07, 6.45) is 1.99. The van der Waals surface area contributed by atoms with Crippen molar-refractivity contribution in [3.63, 3.8) is 0 Å². The third kappa shape index (κ3) is 2.94. The van der Waals surface area contributed by atoms with Crippen molar-refractivity contribution in [3.8, 4) is 6.07 Å². The van der Waals surface area contributed by atoms with E-state index in [0.717, 1.165) is 22.1 Å². The zero-order valence-electron chi connectivity index (χ0n) is 14.8. The third-order valence-electron chi connectivity index (χ3n) is 4.75. The smallest absolute Gasteiger partial charge is 0.324 e. The van der Waals surface area contributed by atoms with Gasteiger partial charge in [-0.3, -0.25) is 14.2 Å². The molecule has 1 amide bonds. The van der Waals surface area contributed by atoms with Crippen LogP contribution < -0.4 is 16.6 Å². The summed E-state index contributed by atoms with van der Waals surface area (Å²) in [6.45, 7) is 3.92. The highest BCUT2D eigenvalue weighted by molar-refractivity contribution is 5.92. The van der Waals surface area contributed by atoms with Gasteiger partial charge < -0.3 is 5.32 Å². The molecule has 0 saturated carbocycles. The maximum Gasteiger partial charge on any atom is 0.331 e. The first-order valence-corrected chi connectivity index (χ1v) is 8.62. The van der Waals surface area contributed by atoms with E-state index in [1.165, 1.54) is 4.57 Å². The minimum Gasteiger partial charge on any atom is -0.324 e. The molecule has 3 rings (SSSR count). The van der Waals surface area contributed by atoms with Crippen LogP contribution in [0.3, 0.4) is 0 Å². The van der Waals surface area contributed by atoms with Gasteiger partial charge in [-0.25, -0.2) is 9.36 Å². The number of carbonyl (C=O) groups is 1. The Morgan fingerprint density at radius 1 is 1.35 bits per heavy atom. The zero-order chi connectivity index (χ0) is 18.8. The topological polar surface area (TPSA) is 96.9 Å². The summed E-state index contributed by atoms with van der Waals surface area (Å²) >= 11 is 0. The van der Waals surface area contributed by atoms with E-state index >= 15 is 0 Å². The van der Waals surface area contributed by atoms with E-state index in [1.54, 1.807) is 0 Å². The van der Waals surface area contributed by atoms with Gasteiger partial charge in [-0.2, -0.15) is 5.26 Å². The number of nitriles is 1. The van der Waals surface area contributed by atoms with Crippen LogP contribution in [0.5, 0.6) is 0 Å². The van der Waals surface area contributed by atoms with Crippen molar-refractivity contribution >= 4 is 11.6 Å². The molecular formula is C19H20N4O3. The maximum absolute atomic E-state index is 12.6. The van der Waals surface area contributed by atoms with Crippen molar-refractivity contribution in [3.05, 3.63) is 61.4 Å². The monoisotopic (exact) mass is 352 g/mol. The Morgan fingerprint density at radius 2 is 2.12 bits per heavy atom. The number of aromatic nitrogens is 2. The molecule has 0 unspecified atom stereocenters. The Balaban J connectivity index is 1.96. The summed E-state index contributed by atoms with van der Waals surface area (Å²) in [5, 5.41) is 12.1. The molecule has 0 radical (unpaired) electrons. The number of hydrogen-bond acceptors (Lipinski definition) is 4. The molecule has 134 valence electrons. The molecule has 0 spiro atoms. The van der Waals surface area contributed by atoms with E-state index in [0.29, 0.717) is 30.8 Å². The molecule has 0 aliphatic carbocycles. The number of anilines is 1. The quantitative estimate of drug-likeness (QED) is 0.898. The highest BCUT2D eigenvalue weighted by Crippen LogP contribution is 2.21. The molecule has 1 N–H and O–H groups in total. The third-order valence-corrected chi connectivity index (χ3v) is 4.75. The molecule has 26 heavy (non-hydrogen) atoms. The summed E-state index contributed by atoms with van der Waals surface area (Å²) in [4.78, 5) is 37.6. The minimum absolute atomic E-state index is 0.0416. The summed E-state index contributed by atoms with van der Waals surface area (Å²) in [5.74, 6) is -0.462. The number of nitrogens with one attached hydrogen (secondary N) is 1. The van der Waals surface area contributed by atoms with Crippen LogP contribution >= 0.6 is 0 Å². The second kappa shape index (κ2) is 7.00. The molecule has 1 aromatic carbocycles. The van der Waals surface area contributed by atoms with Crippen LogP contribution in [-0.2, 0) is 30.7 Å². The van der Waals surface area contributed by atoms with E-state index in [9.17, 15) is 19.6 Å². The van der Waals surface area contributed by atoms with Gasteiger partial charge in [-0.05, 0) is 37.3 Å². The van der Waals surface area contributed by atoms with Crippen molar-refractivity contribution in [2.75, 3.05) is 5.32 Å². The van der Waals surface area contributed by atoms with Gasteiger partial charge in [0.05, 0.1) is 0 Å². The fourth-order valence-electron chi connectivity index (χ4n) is 3.41. The molecule has 0 fully saturated rings. The Bertz CT molecular complexity index is 1040.